The highest BCUT2D eigenvalue weighted by atomic mass is 32.2. The van der Waals surface area contributed by atoms with Gasteiger partial charge >= 0.3 is 0 Å². The van der Waals surface area contributed by atoms with Gasteiger partial charge in [0.1, 0.15) is 0 Å². The highest BCUT2D eigenvalue weighted by Crippen LogP contribution is 2.32. The van der Waals surface area contributed by atoms with Crippen LogP contribution < -0.4 is 15.1 Å². The number of anilines is 3. The van der Waals surface area contributed by atoms with E-state index in [0.717, 1.165) is 62.5 Å². The van der Waals surface area contributed by atoms with Gasteiger partial charge < -0.3 is 15.1 Å². The molecule has 2 aromatic carbocycles. The van der Waals surface area contributed by atoms with Gasteiger partial charge in [0, 0.05) is 57.3 Å². The van der Waals surface area contributed by atoms with E-state index in [1.54, 1.807) is 12.1 Å². The van der Waals surface area contributed by atoms with E-state index >= 15 is 0 Å². The van der Waals surface area contributed by atoms with Gasteiger partial charge in [-0.15, -0.1) is 0 Å². The van der Waals surface area contributed by atoms with E-state index in [9.17, 15) is 13.2 Å². The summed E-state index contributed by atoms with van der Waals surface area (Å²) in [7, 11) is -0.648. The minimum atomic E-state index is -3.64. The number of likely N-dealkylation sites (N-methyl/N-ethyl adjacent to an activating group) is 1. The summed E-state index contributed by atoms with van der Waals surface area (Å²) in [4.78, 5) is 18.0. The summed E-state index contributed by atoms with van der Waals surface area (Å²) in [6.07, 6.45) is 4.32. The third kappa shape index (κ3) is 4.34. The maximum Gasteiger partial charge on any atom is 0.257 e. The number of rotatable bonds is 6. The van der Waals surface area contributed by atoms with Crippen molar-refractivity contribution in [3.8, 4) is 0 Å². The van der Waals surface area contributed by atoms with Crippen molar-refractivity contribution in [2.75, 3.05) is 55.4 Å². The van der Waals surface area contributed by atoms with Crippen LogP contribution in [0.2, 0.25) is 0 Å². The number of hydrogen-bond acceptors (Lipinski definition) is 5. The molecule has 172 valence electrons. The topological polar surface area (TPSA) is 73.0 Å². The van der Waals surface area contributed by atoms with Crippen molar-refractivity contribution >= 4 is 33.0 Å². The van der Waals surface area contributed by atoms with Crippen LogP contribution in [0, 0.1) is 0 Å². The quantitative estimate of drug-likeness (QED) is 0.720. The Labute approximate surface area is 191 Å². The number of hydrogen-bond donors (Lipinski definition) is 1. The summed E-state index contributed by atoms with van der Waals surface area (Å²) in [5.41, 5.74) is 4.35. The molecule has 1 amide bonds. The molecule has 2 aliphatic rings. The summed E-state index contributed by atoms with van der Waals surface area (Å²) in [5.74, 6) is -0.289. The molecule has 0 aromatic heterocycles. The Hall–Kier alpha value is -2.58. The van der Waals surface area contributed by atoms with Gasteiger partial charge in [-0.1, -0.05) is 6.07 Å². The van der Waals surface area contributed by atoms with E-state index in [1.165, 1.54) is 36.5 Å². The van der Waals surface area contributed by atoms with E-state index < -0.39 is 10.0 Å². The molecule has 0 saturated carbocycles. The van der Waals surface area contributed by atoms with Crippen LogP contribution in [0.25, 0.3) is 0 Å². The third-order valence-corrected chi connectivity index (χ3v) is 8.22. The van der Waals surface area contributed by atoms with Crippen LogP contribution in [0.4, 0.5) is 17.1 Å². The van der Waals surface area contributed by atoms with Crippen LogP contribution in [-0.4, -0.2) is 58.9 Å². The van der Waals surface area contributed by atoms with Crippen LogP contribution in [-0.2, 0) is 16.4 Å². The number of carbonyl (C=O) groups is 1. The molecule has 0 radical (unpaired) electrons. The molecular weight excluding hydrogens is 424 g/mol. The Morgan fingerprint density at radius 1 is 1.00 bits per heavy atom. The molecule has 1 fully saturated rings. The lowest BCUT2D eigenvalue weighted by atomic mass is 10.1. The van der Waals surface area contributed by atoms with E-state index in [1.807, 2.05) is 12.1 Å². The maximum absolute atomic E-state index is 13.4. The predicted octanol–water partition coefficient (Wildman–Crippen LogP) is 3.56. The fourth-order valence-corrected chi connectivity index (χ4v) is 5.46. The molecule has 0 unspecified atom stereocenters. The summed E-state index contributed by atoms with van der Waals surface area (Å²) < 4.78 is 26.6. The van der Waals surface area contributed by atoms with Gasteiger partial charge in [0.15, 0.2) is 0 Å². The van der Waals surface area contributed by atoms with Gasteiger partial charge in [-0.05, 0) is 68.5 Å². The number of nitrogens with zero attached hydrogens (tertiary/aromatic N) is 3. The maximum atomic E-state index is 13.4. The van der Waals surface area contributed by atoms with Crippen molar-refractivity contribution in [1.82, 2.24) is 4.31 Å². The molecule has 2 aliphatic heterocycles. The van der Waals surface area contributed by atoms with Crippen LogP contribution in [0.3, 0.4) is 0 Å². The molecule has 0 bridgehead atoms. The van der Waals surface area contributed by atoms with Gasteiger partial charge in [-0.2, -0.15) is 0 Å². The Morgan fingerprint density at radius 3 is 2.44 bits per heavy atom. The normalized spacial score (nSPS) is 16.4. The first kappa shape index (κ1) is 22.6. The fraction of sp³-hybridized carbons (Fsp3) is 0.458. The zero-order chi connectivity index (χ0) is 22.9. The van der Waals surface area contributed by atoms with Crippen LogP contribution in [0.1, 0.15) is 42.1 Å². The molecule has 1 N–H and O–H groups in total. The van der Waals surface area contributed by atoms with E-state index in [4.69, 9.17) is 0 Å². The Morgan fingerprint density at radius 2 is 1.75 bits per heavy atom. The molecule has 7 nitrogen and oxygen atoms in total. The number of benzene rings is 2. The highest BCUT2D eigenvalue weighted by Gasteiger charge is 2.25. The Bertz CT molecular complexity index is 1110. The minimum absolute atomic E-state index is 0.125. The number of piperidine rings is 1. The van der Waals surface area contributed by atoms with Crippen LogP contribution in [0.5, 0.6) is 0 Å². The first-order chi connectivity index (χ1) is 15.3. The highest BCUT2D eigenvalue weighted by molar-refractivity contribution is 7.89. The Balaban J connectivity index is 1.69. The fourth-order valence-electron chi connectivity index (χ4n) is 4.53. The summed E-state index contributed by atoms with van der Waals surface area (Å²) in [6, 6.07) is 10.9. The molecule has 2 heterocycles. The predicted molar refractivity (Wildman–Crippen MR) is 129 cm³/mol. The summed E-state index contributed by atoms with van der Waals surface area (Å²) in [5, 5.41) is 3.02. The molecule has 8 heteroatoms. The van der Waals surface area contributed by atoms with E-state index in [0.29, 0.717) is 5.56 Å². The van der Waals surface area contributed by atoms with Gasteiger partial charge in [0.05, 0.1) is 10.5 Å². The summed E-state index contributed by atoms with van der Waals surface area (Å²) in [6.45, 7) is 5.78. The molecule has 0 spiro atoms. The van der Waals surface area contributed by atoms with Gasteiger partial charge in [0.25, 0.3) is 5.91 Å². The summed E-state index contributed by atoms with van der Waals surface area (Å²) >= 11 is 0. The monoisotopic (exact) mass is 456 g/mol. The van der Waals surface area contributed by atoms with Crippen LogP contribution in [0.15, 0.2) is 41.3 Å². The average Bonchev–Trinajstić information content (AvgIpc) is 3.21. The number of carbonyl (C=O) groups excluding carboxylic acids is 1. The second-order valence-electron chi connectivity index (χ2n) is 8.64. The van der Waals surface area contributed by atoms with Crippen LogP contribution >= 0.6 is 0 Å². The lowest BCUT2D eigenvalue weighted by Gasteiger charge is -2.30. The first-order valence-corrected chi connectivity index (χ1v) is 12.8. The molecule has 32 heavy (non-hydrogen) atoms. The SMILES string of the molecule is CCN1CCc2ccc(NC(=O)c3cc(S(=O)(=O)N(C)C)ccc3N3CCCCC3)cc21. The molecule has 1 saturated heterocycles. The largest absolute Gasteiger partial charge is 0.371 e. The number of amides is 1. The van der Waals surface area contributed by atoms with Crippen molar-refractivity contribution in [3.05, 3.63) is 47.5 Å². The van der Waals surface area contributed by atoms with E-state index in [-0.39, 0.29) is 10.8 Å². The smallest absolute Gasteiger partial charge is 0.257 e. The van der Waals surface area contributed by atoms with Crippen molar-refractivity contribution in [2.45, 2.75) is 37.5 Å². The molecule has 4 rings (SSSR count). The molecule has 2 aromatic rings. The zero-order valence-electron chi connectivity index (χ0n) is 19.1. The minimum Gasteiger partial charge on any atom is -0.371 e. The van der Waals surface area contributed by atoms with Gasteiger partial charge in [0.2, 0.25) is 10.0 Å². The first-order valence-electron chi connectivity index (χ1n) is 11.3. The van der Waals surface area contributed by atoms with Crippen molar-refractivity contribution in [1.29, 1.82) is 0 Å². The second kappa shape index (κ2) is 9.11. The van der Waals surface area contributed by atoms with Crippen molar-refractivity contribution in [3.63, 3.8) is 0 Å². The Kier molecular flexibility index (Phi) is 6.44. The van der Waals surface area contributed by atoms with Crippen molar-refractivity contribution < 1.29 is 13.2 Å². The van der Waals surface area contributed by atoms with Gasteiger partial charge in [-0.25, -0.2) is 12.7 Å². The molecule has 0 aliphatic carbocycles. The lowest BCUT2D eigenvalue weighted by Crippen LogP contribution is -2.32. The molecular formula is C24H32N4O3S. The van der Waals surface area contributed by atoms with E-state index in [2.05, 4.69) is 28.1 Å². The number of nitrogens with one attached hydrogen (secondary N) is 1. The zero-order valence-corrected chi connectivity index (χ0v) is 19.9. The standard InChI is InChI=1S/C24H32N4O3S/c1-4-27-15-12-18-8-9-19(16-23(18)27)25-24(29)21-17-20(32(30,31)26(2)3)10-11-22(21)28-13-6-5-7-14-28/h8-11,16-17H,4-7,12-15H2,1-3H3,(H,25,29). The number of fused-ring (bicyclic) bond motifs is 1. The second-order valence-corrected chi connectivity index (χ2v) is 10.8. The lowest BCUT2D eigenvalue weighted by molar-refractivity contribution is 0.102. The third-order valence-electron chi connectivity index (χ3n) is 6.40. The number of sulfonamides is 1. The average molecular weight is 457 g/mol. The van der Waals surface area contributed by atoms with Gasteiger partial charge in [-0.3, -0.25) is 4.79 Å². The van der Waals surface area contributed by atoms with Crippen molar-refractivity contribution in [2.24, 2.45) is 0 Å². The molecule has 0 atom stereocenters.